The van der Waals surface area contributed by atoms with Gasteiger partial charge in [0.2, 0.25) is 0 Å². The largest absolute Gasteiger partial charge is 0.330 e. The van der Waals surface area contributed by atoms with Crippen molar-refractivity contribution in [2.75, 3.05) is 13.1 Å². The van der Waals surface area contributed by atoms with Crippen LogP contribution < -0.4 is 5.73 Å². The number of nitrogens with two attached hydrogens (primary N) is 1. The zero-order valence-electron chi connectivity index (χ0n) is 10.9. The van der Waals surface area contributed by atoms with Gasteiger partial charge in [-0.2, -0.15) is 0 Å². The highest BCUT2D eigenvalue weighted by Crippen LogP contribution is 2.27. The van der Waals surface area contributed by atoms with Crippen LogP contribution in [-0.4, -0.2) is 24.0 Å². The first-order valence-corrected chi connectivity index (χ1v) is 6.91. The lowest BCUT2D eigenvalue weighted by Gasteiger charge is -2.20. The van der Waals surface area contributed by atoms with Gasteiger partial charge in [0.25, 0.3) is 0 Å². The van der Waals surface area contributed by atoms with Gasteiger partial charge in [-0.05, 0) is 51.3 Å². The molecule has 1 aliphatic heterocycles. The van der Waals surface area contributed by atoms with Crippen molar-refractivity contribution in [2.24, 2.45) is 11.7 Å². The summed E-state index contributed by atoms with van der Waals surface area (Å²) in [5.41, 5.74) is 7.27. The summed E-state index contributed by atoms with van der Waals surface area (Å²) in [6.45, 7) is 9.86. The van der Waals surface area contributed by atoms with E-state index in [1.165, 1.54) is 28.3 Å². The van der Waals surface area contributed by atoms with Crippen molar-refractivity contribution in [3.8, 4) is 0 Å². The predicted octanol–water partition coefficient (Wildman–Crippen LogP) is 2.96. The Morgan fingerprint density at radius 3 is 2.65 bits per heavy atom. The van der Waals surface area contributed by atoms with Crippen LogP contribution in [0.5, 0.6) is 0 Å². The van der Waals surface area contributed by atoms with Crippen molar-refractivity contribution in [2.45, 2.75) is 39.8 Å². The molecular weight excluding hydrogens is 252 g/mol. The highest BCUT2D eigenvalue weighted by atomic mass is 35.5. The Morgan fingerprint density at radius 2 is 2.18 bits per heavy atom. The van der Waals surface area contributed by atoms with Crippen LogP contribution in [-0.2, 0) is 6.54 Å². The number of likely N-dealkylation sites (tertiary alicyclic amines) is 1. The van der Waals surface area contributed by atoms with Crippen LogP contribution in [0.3, 0.4) is 0 Å². The number of rotatable bonds is 3. The first kappa shape index (κ1) is 15.0. The molecule has 2 atom stereocenters. The molecule has 1 aromatic heterocycles. The Balaban J connectivity index is 0.00000144. The molecule has 2 N–H and O–H groups in total. The number of hydrogen-bond acceptors (Lipinski definition) is 3. The lowest BCUT2D eigenvalue weighted by atomic mass is 10.1. The molecule has 2 rings (SSSR count). The van der Waals surface area contributed by atoms with Crippen LogP contribution in [0, 0.1) is 19.8 Å². The van der Waals surface area contributed by atoms with Gasteiger partial charge in [0.1, 0.15) is 0 Å². The maximum Gasteiger partial charge on any atom is 0.0247 e. The van der Waals surface area contributed by atoms with Gasteiger partial charge in [-0.3, -0.25) is 4.90 Å². The Kier molecular flexibility index (Phi) is 5.45. The first-order valence-electron chi connectivity index (χ1n) is 6.10. The van der Waals surface area contributed by atoms with Gasteiger partial charge in [-0.1, -0.05) is 0 Å². The fourth-order valence-electron chi connectivity index (χ4n) is 2.67. The average molecular weight is 275 g/mol. The standard InChI is InChI=1S/C13H22N2S.ClH/c1-9-4-12(6-14)7-15(9)8-13-5-10(2)16-11(13)3;/h5,9,12H,4,6-8,14H2,1-3H3;1H. The second-order valence-electron chi connectivity index (χ2n) is 5.05. The predicted molar refractivity (Wildman–Crippen MR) is 78.1 cm³/mol. The molecule has 2 unspecified atom stereocenters. The highest BCUT2D eigenvalue weighted by molar-refractivity contribution is 7.12. The molecule has 1 fully saturated rings. The van der Waals surface area contributed by atoms with E-state index in [0.717, 1.165) is 13.1 Å². The van der Waals surface area contributed by atoms with E-state index in [0.29, 0.717) is 12.0 Å². The van der Waals surface area contributed by atoms with Crippen molar-refractivity contribution >= 4 is 23.7 Å². The summed E-state index contributed by atoms with van der Waals surface area (Å²) in [5, 5.41) is 0. The lowest BCUT2D eigenvalue weighted by Crippen LogP contribution is -2.27. The number of thiophene rings is 1. The Bertz CT molecular complexity index is 364. The van der Waals surface area contributed by atoms with E-state index in [4.69, 9.17) is 5.73 Å². The molecule has 0 radical (unpaired) electrons. The minimum Gasteiger partial charge on any atom is -0.330 e. The van der Waals surface area contributed by atoms with Gasteiger partial charge in [0.15, 0.2) is 0 Å². The normalized spacial score (nSPS) is 24.9. The topological polar surface area (TPSA) is 29.3 Å². The van der Waals surface area contributed by atoms with E-state index < -0.39 is 0 Å². The maximum absolute atomic E-state index is 5.76. The average Bonchev–Trinajstić information content (AvgIpc) is 2.72. The summed E-state index contributed by atoms with van der Waals surface area (Å²) in [6, 6.07) is 3.02. The van der Waals surface area contributed by atoms with Crippen molar-refractivity contribution < 1.29 is 0 Å². The molecule has 0 amide bonds. The number of nitrogens with zero attached hydrogens (tertiary/aromatic N) is 1. The second kappa shape index (κ2) is 6.19. The molecule has 1 saturated heterocycles. The summed E-state index contributed by atoms with van der Waals surface area (Å²) < 4.78 is 0. The quantitative estimate of drug-likeness (QED) is 0.918. The summed E-state index contributed by atoms with van der Waals surface area (Å²) in [7, 11) is 0. The van der Waals surface area contributed by atoms with Gasteiger partial charge >= 0.3 is 0 Å². The number of aryl methyl sites for hydroxylation is 2. The second-order valence-corrected chi connectivity index (χ2v) is 6.51. The van der Waals surface area contributed by atoms with Crippen LogP contribution in [0.1, 0.15) is 28.7 Å². The van der Waals surface area contributed by atoms with Crippen molar-refractivity contribution in [1.29, 1.82) is 0 Å². The minimum atomic E-state index is 0. The van der Waals surface area contributed by atoms with Crippen LogP contribution >= 0.6 is 23.7 Å². The molecule has 4 heteroatoms. The molecular formula is C13H23ClN2S. The van der Waals surface area contributed by atoms with E-state index in [2.05, 4.69) is 31.7 Å². The van der Waals surface area contributed by atoms with Crippen molar-refractivity contribution in [3.63, 3.8) is 0 Å². The zero-order valence-corrected chi connectivity index (χ0v) is 12.5. The number of halogens is 1. The third kappa shape index (κ3) is 3.44. The molecule has 0 spiro atoms. The summed E-state index contributed by atoms with van der Waals surface area (Å²) in [4.78, 5) is 5.47. The van der Waals surface area contributed by atoms with Gasteiger partial charge in [0.05, 0.1) is 0 Å². The summed E-state index contributed by atoms with van der Waals surface area (Å²) in [6.07, 6.45) is 1.26. The van der Waals surface area contributed by atoms with Crippen LogP contribution in [0.4, 0.5) is 0 Å². The van der Waals surface area contributed by atoms with Crippen LogP contribution in [0.25, 0.3) is 0 Å². The van der Waals surface area contributed by atoms with Gasteiger partial charge in [-0.15, -0.1) is 23.7 Å². The molecule has 0 aromatic carbocycles. The molecule has 0 saturated carbocycles. The Labute approximate surface area is 115 Å². The van der Waals surface area contributed by atoms with Gasteiger partial charge in [-0.25, -0.2) is 0 Å². The van der Waals surface area contributed by atoms with Crippen molar-refractivity contribution in [3.05, 3.63) is 21.4 Å². The van der Waals surface area contributed by atoms with E-state index in [-0.39, 0.29) is 12.4 Å². The minimum absolute atomic E-state index is 0. The molecule has 2 heterocycles. The molecule has 0 aliphatic carbocycles. The monoisotopic (exact) mass is 274 g/mol. The first-order chi connectivity index (χ1) is 7.60. The summed E-state index contributed by atoms with van der Waals surface area (Å²) in [5.74, 6) is 0.704. The van der Waals surface area contributed by atoms with Crippen LogP contribution in [0.2, 0.25) is 0 Å². The van der Waals surface area contributed by atoms with Crippen molar-refractivity contribution in [1.82, 2.24) is 4.90 Å². The molecule has 0 bridgehead atoms. The van der Waals surface area contributed by atoms with E-state index in [1.807, 2.05) is 11.3 Å². The SMILES string of the molecule is Cc1cc(CN2CC(CN)CC2C)c(C)s1.Cl. The maximum atomic E-state index is 5.76. The van der Waals surface area contributed by atoms with Crippen LogP contribution in [0.15, 0.2) is 6.07 Å². The number of hydrogen-bond donors (Lipinski definition) is 1. The fourth-order valence-corrected chi connectivity index (χ4v) is 3.61. The Hall–Kier alpha value is -0.0900. The molecule has 1 aromatic rings. The third-order valence-electron chi connectivity index (χ3n) is 3.64. The lowest BCUT2D eigenvalue weighted by molar-refractivity contribution is 0.256. The van der Waals surface area contributed by atoms with E-state index in [9.17, 15) is 0 Å². The molecule has 1 aliphatic rings. The fraction of sp³-hybridized carbons (Fsp3) is 0.692. The van der Waals surface area contributed by atoms with Gasteiger partial charge < -0.3 is 5.73 Å². The molecule has 17 heavy (non-hydrogen) atoms. The Morgan fingerprint density at radius 1 is 1.47 bits per heavy atom. The van der Waals surface area contributed by atoms with E-state index >= 15 is 0 Å². The smallest absolute Gasteiger partial charge is 0.0247 e. The zero-order chi connectivity index (χ0) is 11.7. The highest BCUT2D eigenvalue weighted by Gasteiger charge is 2.28. The third-order valence-corrected chi connectivity index (χ3v) is 4.65. The molecule has 98 valence electrons. The molecule has 2 nitrogen and oxygen atoms in total. The summed E-state index contributed by atoms with van der Waals surface area (Å²) >= 11 is 1.91. The van der Waals surface area contributed by atoms with E-state index in [1.54, 1.807) is 0 Å². The van der Waals surface area contributed by atoms with Gasteiger partial charge in [0, 0.05) is 28.9 Å².